The molecule has 0 amide bonds. The van der Waals surface area contributed by atoms with Gasteiger partial charge in [0.25, 0.3) is 0 Å². The van der Waals surface area contributed by atoms with Gasteiger partial charge in [0.05, 0.1) is 19.1 Å². The molecule has 1 aliphatic carbocycles. The number of rotatable bonds is 4. The first-order valence-corrected chi connectivity index (χ1v) is 6.80. The Balaban J connectivity index is 1.52. The second-order valence-corrected chi connectivity index (χ2v) is 5.00. The third-order valence-corrected chi connectivity index (χ3v) is 3.42. The molecular weight excluding hydrogens is 280 g/mol. The number of nitrogens with zero attached hydrogens (tertiary/aromatic N) is 7. The summed E-state index contributed by atoms with van der Waals surface area (Å²) in [6.07, 6.45) is 13.2. The lowest BCUT2D eigenvalue weighted by Crippen LogP contribution is -2.06. The molecule has 22 heavy (non-hydrogen) atoms. The maximum absolute atomic E-state index is 5.78. The summed E-state index contributed by atoms with van der Waals surface area (Å²) in [5.41, 5.74) is 7.92. The molecule has 5 radical (unpaired) electrons. The van der Waals surface area contributed by atoms with Crippen LogP contribution in [-0.2, 0) is 13.1 Å². The summed E-state index contributed by atoms with van der Waals surface area (Å²) < 4.78 is 3.69. The average molecular weight is 293 g/mol. The number of nitrogens with two attached hydrogens (primary N) is 1. The summed E-state index contributed by atoms with van der Waals surface area (Å²) in [5.74, 6) is 1.58. The Hall–Kier alpha value is -2.51. The van der Waals surface area contributed by atoms with Gasteiger partial charge in [0.1, 0.15) is 17.5 Å². The van der Waals surface area contributed by atoms with Gasteiger partial charge in [0.2, 0.25) is 0 Å². The Bertz CT molecular complexity index is 783. The van der Waals surface area contributed by atoms with Crippen molar-refractivity contribution in [1.29, 1.82) is 0 Å². The summed E-state index contributed by atoms with van der Waals surface area (Å²) in [7, 11) is 0. The zero-order chi connectivity index (χ0) is 14.9. The maximum atomic E-state index is 5.78. The third kappa shape index (κ3) is 2.40. The van der Waals surface area contributed by atoms with Gasteiger partial charge in [0.15, 0.2) is 11.5 Å². The van der Waals surface area contributed by atoms with E-state index in [0.29, 0.717) is 30.1 Å². The van der Waals surface area contributed by atoms with Gasteiger partial charge in [-0.25, -0.2) is 15.0 Å². The van der Waals surface area contributed by atoms with Crippen molar-refractivity contribution in [3.63, 3.8) is 0 Å². The molecule has 0 atom stereocenters. The van der Waals surface area contributed by atoms with Crippen molar-refractivity contribution in [2.45, 2.75) is 13.1 Å². The second kappa shape index (κ2) is 5.36. The van der Waals surface area contributed by atoms with Gasteiger partial charge in [0, 0.05) is 12.5 Å². The minimum Gasteiger partial charge on any atom is -0.382 e. The lowest BCUT2D eigenvalue weighted by atomic mass is 10.1. The van der Waals surface area contributed by atoms with Gasteiger partial charge >= 0.3 is 0 Å². The van der Waals surface area contributed by atoms with E-state index in [1.165, 1.54) is 12.2 Å². The van der Waals surface area contributed by atoms with E-state index in [9.17, 15) is 0 Å². The zero-order valence-corrected chi connectivity index (χ0v) is 11.7. The predicted molar refractivity (Wildman–Crippen MR) is 79.3 cm³/mol. The lowest BCUT2D eigenvalue weighted by Gasteiger charge is -2.05. The molecule has 4 rings (SSSR count). The van der Waals surface area contributed by atoms with Crippen LogP contribution in [0.2, 0.25) is 0 Å². The van der Waals surface area contributed by atoms with Crippen LogP contribution in [0.25, 0.3) is 11.2 Å². The van der Waals surface area contributed by atoms with Crippen LogP contribution in [0.1, 0.15) is 5.69 Å². The number of fused-ring (bicyclic) bond motifs is 1. The Kier molecular flexibility index (Phi) is 3.21. The molecule has 1 fully saturated rings. The number of imidazole rings is 1. The van der Waals surface area contributed by atoms with E-state index in [0.717, 1.165) is 5.69 Å². The van der Waals surface area contributed by atoms with Crippen molar-refractivity contribution < 1.29 is 0 Å². The highest BCUT2D eigenvalue weighted by molar-refractivity contribution is 5.81. The molecular formula is C14H13N8. The highest BCUT2D eigenvalue weighted by atomic mass is 15.4. The summed E-state index contributed by atoms with van der Waals surface area (Å²) in [6.45, 7) is 1.24. The number of aromatic nitrogens is 7. The molecule has 0 aromatic carbocycles. The standard InChI is InChI=1S/C14H13N8/c15-13-12-14(17-8-16-13)21(9-18-12)6-11-7-22(20-19-11)5-10-3-1-2-4-10/h1-4,7-9H,5-6H2,(H2,15,16,17). The molecule has 3 aromatic heterocycles. The third-order valence-electron chi connectivity index (χ3n) is 3.42. The Morgan fingerprint density at radius 3 is 2.77 bits per heavy atom. The first-order chi connectivity index (χ1) is 10.8. The highest BCUT2D eigenvalue weighted by Gasteiger charge is 2.18. The van der Waals surface area contributed by atoms with E-state index in [1.807, 2.05) is 28.3 Å². The van der Waals surface area contributed by atoms with Gasteiger partial charge in [-0.1, -0.05) is 5.21 Å². The number of hydrogen-bond donors (Lipinski definition) is 1. The first kappa shape index (κ1) is 13.2. The number of anilines is 1. The quantitative estimate of drug-likeness (QED) is 0.749. The maximum Gasteiger partial charge on any atom is 0.165 e. The zero-order valence-electron chi connectivity index (χ0n) is 11.7. The summed E-state index contributed by atoms with van der Waals surface area (Å²) in [5, 5.41) is 8.34. The van der Waals surface area contributed by atoms with E-state index in [4.69, 9.17) is 5.73 Å². The fourth-order valence-corrected chi connectivity index (χ4v) is 2.38. The van der Waals surface area contributed by atoms with E-state index >= 15 is 0 Å². The van der Waals surface area contributed by atoms with Crippen molar-refractivity contribution in [2.75, 3.05) is 5.73 Å². The van der Waals surface area contributed by atoms with E-state index in [1.54, 1.807) is 6.33 Å². The van der Waals surface area contributed by atoms with Crippen molar-refractivity contribution in [3.8, 4) is 0 Å². The molecule has 8 nitrogen and oxygen atoms in total. The molecule has 0 unspecified atom stereocenters. The van der Waals surface area contributed by atoms with Crippen LogP contribution in [0, 0.1) is 31.6 Å². The molecule has 3 aromatic rings. The molecule has 8 heteroatoms. The Morgan fingerprint density at radius 2 is 1.91 bits per heavy atom. The largest absolute Gasteiger partial charge is 0.382 e. The molecule has 0 saturated heterocycles. The fourth-order valence-electron chi connectivity index (χ4n) is 2.38. The van der Waals surface area contributed by atoms with Crippen LogP contribution in [0.5, 0.6) is 0 Å². The molecule has 2 N–H and O–H groups in total. The molecule has 0 bridgehead atoms. The monoisotopic (exact) mass is 293 g/mol. The van der Waals surface area contributed by atoms with Crippen LogP contribution in [0.4, 0.5) is 5.82 Å². The van der Waals surface area contributed by atoms with Crippen LogP contribution in [-0.4, -0.2) is 34.5 Å². The van der Waals surface area contributed by atoms with Crippen molar-refractivity contribution >= 4 is 17.0 Å². The van der Waals surface area contributed by atoms with Crippen LogP contribution < -0.4 is 5.73 Å². The highest BCUT2D eigenvalue weighted by Crippen LogP contribution is 2.24. The smallest absolute Gasteiger partial charge is 0.165 e. The Labute approximate surface area is 127 Å². The van der Waals surface area contributed by atoms with E-state index < -0.39 is 0 Å². The van der Waals surface area contributed by atoms with Gasteiger partial charge in [-0.2, -0.15) is 0 Å². The average Bonchev–Trinajstić information content (AvgIpc) is 3.23. The Morgan fingerprint density at radius 1 is 1.05 bits per heavy atom. The van der Waals surface area contributed by atoms with Crippen molar-refractivity contribution in [3.05, 3.63) is 56.1 Å². The van der Waals surface area contributed by atoms with Crippen LogP contribution in [0.15, 0.2) is 18.9 Å². The summed E-state index contributed by atoms with van der Waals surface area (Å²) in [4.78, 5) is 12.4. The molecule has 109 valence electrons. The minimum absolute atomic E-state index is 0.378. The molecule has 3 heterocycles. The molecule has 1 saturated carbocycles. The minimum atomic E-state index is 0.378. The van der Waals surface area contributed by atoms with Gasteiger partial charge in [-0.3, -0.25) is 4.68 Å². The SMILES string of the molecule is Nc1ncnc2c1ncn2Cc1cn(C[C]2[CH][CH][CH][CH]2)nn1. The molecule has 0 spiro atoms. The predicted octanol–water partition coefficient (Wildman–Crippen LogP) is 0.454. The van der Waals surface area contributed by atoms with Gasteiger partial charge < -0.3 is 10.3 Å². The van der Waals surface area contributed by atoms with Crippen LogP contribution >= 0.6 is 0 Å². The van der Waals surface area contributed by atoms with Crippen molar-refractivity contribution in [2.24, 2.45) is 0 Å². The van der Waals surface area contributed by atoms with Crippen molar-refractivity contribution in [1.82, 2.24) is 34.5 Å². The summed E-state index contributed by atoms with van der Waals surface area (Å²) >= 11 is 0. The lowest BCUT2D eigenvalue weighted by molar-refractivity contribution is 0.618. The normalized spacial score (nSPS) is 15.8. The van der Waals surface area contributed by atoms with E-state index in [2.05, 4.69) is 38.1 Å². The van der Waals surface area contributed by atoms with E-state index in [-0.39, 0.29) is 0 Å². The first-order valence-electron chi connectivity index (χ1n) is 6.80. The number of nitrogen functional groups attached to an aromatic ring is 1. The topological polar surface area (TPSA) is 100 Å². The van der Waals surface area contributed by atoms with Gasteiger partial charge in [-0.05, 0) is 25.7 Å². The fraction of sp³-hybridized carbons (Fsp3) is 0.143. The molecule has 0 aliphatic heterocycles. The summed E-state index contributed by atoms with van der Waals surface area (Å²) in [6, 6.07) is 0. The van der Waals surface area contributed by atoms with Gasteiger partial charge in [-0.15, -0.1) is 5.10 Å². The van der Waals surface area contributed by atoms with Crippen LogP contribution in [0.3, 0.4) is 0 Å². The number of hydrogen-bond acceptors (Lipinski definition) is 6. The molecule has 1 aliphatic rings. The second-order valence-electron chi connectivity index (χ2n) is 5.00.